The van der Waals surface area contributed by atoms with Crippen LogP contribution in [-0.2, 0) is 0 Å². The van der Waals surface area contributed by atoms with Gasteiger partial charge in [-0.3, -0.25) is 4.79 Å². The van der Waals surface area contributed by atoms with E-state index in [0.717, 1.165) is 10.9 Å². The monoisotopic (exact) mass is 326 g/mol. The van der Waals surface area contributed by atoms with Gasteiger partial charge in [-0.25, -0.2) is 4.39 Å². The highest BCUT2D eigenvalue weighted by molar-refractivity contribution is 5.96. The molecule has 0 saturated heterocycles. The molecule has 0 aliphatic carbocycles. The predicted octanol–water partition coefficient (Wildman–Crippen LogP) is 3.60. The number of hydrogen-bond acceptors (Lipinski definition) is 3. The molecule has 0 aliphatic heterocycles. The number of rotatable bonds is 5. The molecule has 4 nitrogen and oxygen atoms in total. The Labute approximate surface area is 139 Å². The average molecular weight is 326 g/mol. The Bertz CT molecular complexity index is 824. The SMILES string of the molecule is CN(C)C(CNC(=O)c1cc2ccccc2o1)c1cccc(F)c1. The zero-order chi connectivity index (χ0) is 17.1. The van der Waals surface area contributed by atoms with Gasteiger partial charge < -0.3 is 14.6 Å². The first-order valence-corrected chi connectivity index (χ1v) is 7.73. The van der Waals surface area contributed by atoms with E-state index in [0.29, 0.717) is 12.1 Å². The van der Waals surface area contributed by atoms with Crippen LogP contribution in [0.5, 0.6) is 0 Å². The lowest BCUT2D eigenvalue weighted by atomic mass is 10.1. The summed E-state index contributed by atoms with van der Waals surface area (Å²) >= 11 is 0. The van der Waals surface area contributed by atoms with Crippen molar-refractivity contribution in [2.24, 2.45) is 0 Å². The van der Waals surface area contributed by atoms with Gasteiger partial charge >= 0.3 is 0 Å². The third kappa shape index (κ3) is 3.46. The van der Waals surface area contributed by atoms with Crippen LogP contribution in [0, 0.1) is 5.82 Å². The van der Waals surface area contributed by atoms with Gasteiger partial charge in [-0.2, -0.15) is 0 Å². The first-order valence-electron chi connectivity index (χ1n) is 7.73. The Morgan fingerprint density at radius 2 is 1.96 bits per heavy atom. The summed E-state index contributed by atoms with van der Waals surface area (Å²) in [5.74, 6) is -0.301. The van der Waals surface area contributed by atoms with Gasteiger partial charge in [0.1, 0.15) is 11.4 Å². The third-order valence-electron chi connectivity index (χ3n) is 3.96. The standard InChI is InChI=1S/C19H19FN2O2/c1-22(2)16(13-7-5-8-15(20)10-13)12-21-19(23)18-11-14-6-3-4-9-17(14)24-18/h3-11,16H,12H2,1-2H3,(H,21,23). The molecule has 1 unspecified atom stereocenters. The highest BCUT2D eigenvalue weighted by atomic mass is 19.1. The summed E-state index contributed by atoms with van der Waals surface area (Å²) in [6, 6.07) is 15.5. The summed E-state index contributed by atoms with van der Waals surface area (Å²) in [4.78, 5) is 14.3. The molecule has 0 saturated carbocycles. The summed E-state index contributed by atoms with van der Waals surface area (Å²) in [7, 11) is 3.78. The maximum Gasteiger partial charge on any atom is 0.287 e. The van der Waals surface area contributed by atoms with Crippen LogP contribution in [0.25, 0.3) is 11.0 Å². The highest BCUT2D eigenvalue weighted by Crippen LogP contribution is 2.20. The topological polar surface area (TPSA) is 45.5 Å². The van der Waals surface area contributed by atoms with Crippen molar-refractivity contribution in [3.8, 4) is 0 Å². The largest absolute Gasteiger partial charge is 0.451 e. The summed E-state index contributed by atoms with van der Waals surface area (Å²) < 4.78 is 19.0. The number of nitrogens with zero attached hydrogens (tertiary/aromatic N) is 1. The second-order valence-electron chi connectivity index (χ2n) is 5.89. The van der Waals surface area contributed by atoms with Crippen LogP contribution in [0.2, 0.25) is 0 Å². The molecule has 0 spiro atoms. The summed E-state index contributed by atoms with van der Waals surface area (Å²) in [5.41, 5.74) is 1.49. The van der Waals surface area contributed by atoms with Crippen LogP contribution in [0.4, 0.5) is 4.39 Å². The fourth-order valence-electron chi connectivity index (χ4n) is 2.68. The maximum absolute atomic E-state index is 13.5. The van der Waals surface area contributed by atoms with Gasteiger partial charge in [0.25, 0.3) is 5.91 Å². The quantitative estimate of drug-likeness (QED) is 0.779. The first kappa shape index (κ1) is 16.2. The van der Waals surface area contributed by atoms with Gasteiger partial charge in [0, 0.05) is 11.9 Å². The average Bonchev–Trinajstić information content (AvgIpc) is 2.99. The van der Waals surface area contributed by atoms with Gasteiger partial charge in [-0.15, -0.1) is 0 Å². The molecule has 5 heteroatoms. The van der Waals surface area contributed by atoms with Crippen molar-refractivity contribution < 1.29 is 13.6 Å². The summed E-state index contributed by atoms with van der Waals surface area (Å²) in [6.07, 6.45) is 0. The number of carbonyl (C=O) groups excluding carboxylic acids is 1. The second kappa shape index (κ2) is 6.84. The third-order valence-corrected chi connectivity index (χ3v) is 3.96. The van der Waals surface area contributed by atoms with E-state index < -0.39 is 0 Å². The van der Waals surface area contributed by atoms with Gasteiger partial charge in [0.15, 0.2) is 5.76 Å². The minimum atomic E-state index is -0.289. The molecule has 0 radical (unpaired) electrons. The molecule has 2 aromatic carbocycles. The van der Waals surface area contributed by atoms with Crippen LogP contribution in [0.1, 0.15) is 22.2 Å². The van der Waals surface area contributed by atoms with E-state index in [1.165, 1.54) is 12.1 Å². The summed E-state index contributed by atoms with van der Waals surface area (Å²) in [5, 5.41) is 3.75. The normalized spacial score (nSPS) is 12.5. The number of para-hydroxylation sites is 1. The van der Waals surface area contributed by atoms with E-state index in [4.69, 9.17) is 4.42 Å². The van der Waals surface area contributed by atoms with E-state index in [2.05, 4.69) is 5.32 Å². The molecule has 0 bridgehead atoms. The first-order chi connectivity index (χ1) is 11.5. The molecule has 1 heterocycles. The minimum absolute atomic E-state index is 0.131. The molecule has 24 heavy (non-hydrogen) atoms. The van der Waals surface area contributed by atoms with E-state index in [9.17, 15) is 9.18 Å². The number of likely N-dealkylation sites (N-methyl/N-ethyl adjacent to an activating group) is 1. The van der Waals surface area contributed by atoms with Crippen molar-refractivity contribution in [2.75, 3.05) is 20.6 Å². The fraction of sp³-hybridized carbons (Fsp3) is 0.211. The van der Waals surface area contributed by atoms with Crippen molar-refractivity contribution >= 4 is 16.9 Å². The Balaban J connectivity index is 1.73. The molecular formula is C19H19FN2O2. The molecule has 1 atom stereocenters. The molecule has 124 valence electrons. The molecule has 1 amide bonds. The van der Waals surface area contributed by atoms with Gasteiger partial charge in [-0.05, 0) is 43.9 Å². The Kier molecular flexibility index (Phi) is 4.62. The predicted molar refractivity (Wildman–Crippen MR) is 91.4 cm³/mol. The maximum atomic E-state index is 13.5. The van der Waals surface area contributed by atoms with Crippen LogP contribution in [-0.4, -0.2) is 31.4 Å². The Morgan fingerprint density at radius 1 is 1.17 bits per heavy atom. The van der Waals surface area contributed by atoms with Gasteiger partial charge in [-0.1, -0.05) is 30.3 Å². The Morgan fingerprint density at radius 3 is 2.67 bits per heavy atom. The van der Waals surface area contributed by atoms with Crippen molar-refractivity contribution in [2.45, 2.75) is 6.04 Å². The molecule has 0 fully saturated rings. The fourth-order valence-corrected chi connectivity index (χ4v) is 2.68. The number of amides is 1. The zero-order valence-electron chi connectivity index (χ0n) is 13.6. The molecule has 1 aromatic heterocycles. The zero-order valence-corrected chi connectivity index (χ0v) is 13.6. The van der Waals surface area contributed by atoms with E-state index >= 15 is 0 Å². The van der Waals surface area contributed by atoms with Crippen molar-refractivity contribution in [3.05, 3.63) is 71.7 Å². The van der Waals surface area contributed by atoms with Crippen molar-refractivity contribution in [1.29, 1.82) is 0 Å². The van der Waals surface area contributed by atoms with E-state index in [1.54, 1.807) is 12.1 Å². The molecular weight excluding hydrogens is 307 g/mol. The highest BCUT2D eigenvalue weighted by Gasteiger charge is 2.18. The smallest absolute Gasteiger partial charge is 0.287 e. The molecule has 3 rings (SSSR count). The van der Waals surface area contributed by atoms with Crippen molar-refractivity contribution in [1.82, 2.24) is 10.2 Å². The number of furan rings is 1. The van der Waals surface area contributed by atoms with E-state index in [-0.39, 0.29) is 23.5 Å². The number of halogens is 1. The van der Waals surface area contributed by atoms with Crippen LogP contribution >= 0.6 is 0 Å². The van der Waals surface area contributed by atoms with Gasteiger partial charge in [0.05, 0.1) is 6.04 Å². The van der Waals surface area contributed by atoms with Crippen molar-refractivity contribution in [3.63, 3.8) is 0 Å². The van der Waals surface area contributed by atoms with Gasteiger partial charge in [0.2, 0.25) is 0 Å². The van der Waals surface area contributed by atoms with Crippen LogP contribution < -0.4 is 5.32 Å². The lowest BCUT2D eigenvalue weighted by Crippen LogP contribution is -2.34. The lowest BCUT2D eigenvalue weighted by molar-refractivity contribution is 0.0916. The summed E-state index contributed by atoms with van der Waals surface area (Å²) in [6.45, 7) is 0.354. The van der Waals surface area contributed by atoms with Crippen LogP contribution in [0.3, 0.4) is 0 Å². The number of fused-ring (bicyclic) bond motifs is 1. The molecule has 0 aliphatic rings. The van der Waals surface area contributed by atoms with Crippen LogP contribution in [0.15, 0.2) is 59.0 Å². The number of benzene rings is 2. The molecule has 3 aromatic rings. The van der Waals surface area contributed by atoms with E-state index in [1.807, 2.05) is 49.3 Å². The number of hydrogen-bond donors (Lipinski definition) is 1. The lowest BCUT2D eigenvalue weighted by Gasteiger charge is -2.25. The number of nitrogens with one attached hydrogen (secondary N) is 1. The Hall–Kier alpha value is -2.66. The number of carbonyl (C=O) groups is 1. The second-order valence-corrected chi connectivity index (χ2v) is 5.89. The minimum Gasteiger partial charge on any atom is -0.451 e. The molecule has 1 N–H and O–H groups in total.